The van der Waals surface area contributed by atoms with Crippen LogP contribution in [0.2, 0.25) is 0 Å². The van der Waals surface area contributed by atoms with Crippen molar-refractivity contribution in [1.29, 1.82) is 0 Å². The molecule has 4 N–H and O–H groups in total. The van der Waals surface area contributed by atoms with Crippen molar-refractivity contribution in [3.63, 3.8) is 0 Å². The summed E-state index contributed by atoms with van der Waals surface area (Å²) < 4.78 is 14.7. The van der Waals surface area contributed by atoms with Crippen LogP contribution in [-0.2, 0) is 40.3 Å². The van der Waals surface area contributed by atoms with Gasteiger partial charge in [-0.25, -0.2) is 4.79 Å². The van der Waals surface area contributed by atoms with Crippen LogP contribution in [0.5, 0.6) is 11.5 Å². The number of carbonyl (C=O) groups excluding carboxylic acids is 1. The number of ether oxygens (including phenoxy) is 3. The molecule has 0 bridgehead atoms. The Kier molecular flexibility index (Phi) is 7.43. The van der Waals surface area contributed by atoms with Crippen LogP contribution < -0.4 is 11.1 Å². The molecule has 0 atom stereocenters. The van der Waals surface area contributed by atoms with Gasteiger partial charge in [-0.05, 0) is 0 Å². The fourth-order valence-corrected chi connectivity index (χ4v) is 3.09. The molecule has 0 spiro atoms. The SMILES string of the molecule is COC(=O)c1c(O)c2c([nH]c1=O)COCC2.Cl.O=c1cc(O)c2c([nH]1)COCC2. The van der Waals surface area contributed by atoms with Gasteiger partial charge in [0.05, 0.1) is 44.9 Å². The number of halogens is 1. The van der Waals surface area contributed by atoms with E-state index >= 15 is 0 Å². The zero-order chi connectivity index (χ0) is 20.3. The highest BCUT2D eigenvalue weighted by Crippen LogP contribution is 2.26. The van der Waals surface area contributed by atoms with Gasteiger partial charge in [-0.2, -0.15) is 0 Å². The van der Waals surface area contributed by atoms with Gasteiger partial charge in [0.25, 0.3) is 11.1 Å². The second-order valence-electron chi connectivity index (χ2n) is 6.21. The van der Waals surface area contributed by atoms with Crippen LogP contribution in [0.1, 0.15) is 32.9 Å². The fraction of sp³-hybridized carbons (Fsp3) is 0.389. The molecule has 4 rings (SSSR count). The van der Waals surface area contributed by atoms with Crippen molar-refractivity contribution in [3.05, 3.63) is 54.9 Å². The van der Waals surface area contributed by atoms with Crippen LogP contribution in [-0.4, -0.2) is 46.5 Å². The molecule has 2 aromatic rings. The minimum absolute atomic E-state index is 0. The van der Waals surface area contributed by atoms with E-state index in [1.165, 1.54) is 6.07 Å². The van der Waals surface area contributed by atoms with Gasteiger partial charge in [0, 0.05) is 30.0 Å². The number of H-pyrrole nitrogens is 2. The normalized spacial score (nSPS) is 14.4. The molecule has 0 aromatic carbocycles. The lowest BCUT2D eigenvalue weighted by atomic mass is 10.0. The van der Waals surface area contributed by atoms with Gasteiger partial charge in [-0.3, -0.25) is 9.59 Å². The Balaban J connectivity index is 0.000000207. The van der Waals surface area contributed by atoms with Crippen molar-refractivity contribution in [1.82, 2.24) is 9.97 Å². The number of aromatic nitrogens is 2. The summed E-state index contributed by atoms with van der Waals surface area (Å²) in [7, 11) is 1.16. The summed E-state index contributed by atoms with van der Waals surface area (Å²) in [5.41, 5.74) is 1.29. The Labute approximate surface area is 170 Å². The molecule has 0 aliphatic carbocycles. The molecule has 0 saturated carbocycles. The first-order chi connectivity index (χ1) is 13.4. The van der Waals surface area contributed by atoms with Gasteiger partial charge in [0.15, 0.2) is 5.56 Å². The van der Waals surface area contributed by atoms with Crippen molar-refractivity contribution in [2.24, 2.45) is 0 Å². The number of aromatic amines is 2. The number of aromatic hydroxyl groups is 2. The van der Waals surface area contributed by atoms with Gasteiger partial charge >= 0.3 is 5.97 Å². The first-order valence-corrected chi connectivity index (χ1v) is 8.57. The number of hydrogen-bond donors (Lipinski definition) is 4. The molecular weight excluding hydrogens is 408 g/mol. The van der Waals surface area contributed by atoms with Crippen LogP contribution in [0.4, 0.5) is 0 Å². The first kappa shape index (κ1) is 22.5. The van der Waals surface area contributed by atoms with E-state index in [9.17, 15) is 24.6 Å². The molecule has 0 fully saturated rings. The quantitative estimate of drug-likeness (QED) is 0.480. The first-order valence-electron chi connectivity index (χ1n) is 8.57. The lowest BCUT2D eigenvalue weighted by Gasteiger charge is -2.18. The van der Waals surface area contributed by atoms with Crippen molar-refractivity contribution in [2.75, 3.05) is 20.3 Å². The zero-order valence-electron chi connectivity index (χ0n) is 15.6. The Hall–Kier alpha value is -2.82. The largest absolute Gasteiger partial charge is 0.507 e. The highest BCUT2D eigenvalue weighted by Gasteiger charge is 2.24. The second-order valence-corrected chi connectivity index (χ2v) is 6.21. The molecule has 0 amide bonds. The molecule has 2 aliphatic heterocycles. The predicted octanol–water partition coefficient (Wildman–Crippen LogP) is 0.515. The highest BCUT2D eigenvalue weighted by molar-refractivity contribution is 5.92. The summed E-state index contributed by atoms with van der Waals surface area (Å²) in [4.78, 5) is 38.9. The lowest BCUT2D eigenvalue weighted by Crippen LogP contribution is -2.25. The van der Waals surface area contributed by atoms with Crippen LogP contribution in [0.3, 0.4) is 0 Å². The number of rotatable bonds is 1. The number of methoxy groups -OCH3 is 1. The highest BCUT2D eigenvalue weighted by atomic mass is 35.5. The van der Waals surface area contributed by atoms with E-state index in [1.807, 2.05) is 0 Å². The van der Waals surface area contributed by atoms with Crippen molar-refractivity contribution in [3.8, 4) is 11.5 Å². The number of pyridine rings is 2. The Morgan fingerprint density at radius 1 is 1.03 bits per heavy atom. The molecule has 4 heterocycles. The zero-order valence-corrected chi connectivity index (χ0v) is 16.4. The lowest BCUT2D eigenvalue weighted by molar-refractivity contribution is 0.0593. The maximum atomic E-state index is 11.5. The molecule has 0 unspecified atom stereocenters. The van der Waals surface area contributed by atoms with E-state index in [2.05, 4.69) is 14.7 Å². The Bertz CT molecular complexity index is 1010. The molecule has 0 radical (unpaired) electrons. The molecule has 10 nitrogen and oxygen atoms in total. The van der Waals surface area contributed by atoms with Gasteiger partial charge < -0.3 is 34.4 Å². The van der Waals surface area contributed by atoms with Crippen LogP contribution in [0, 0.1) is 0 Å². The molecule has 0 saturated heterocycles. The topological polar surface area (TPSA) is 151 Å². The van der Waals surface area contributed by atoms with Gasteiger partial charge in [-0.15, -0.1) is 12.4 Å². The van der Waals surface area contributed by atoms with E-state index < -0.39 is 11.5 Å². The van der Waals surface area contributed by atoms with E-state index in [0.717, 1.165) is 12.7 Å². The third kappa shape index (κ3) is 4.78. The Morgan fingerprint density at radius 3 is 2.24 bits per heavy atom. The van der Waals surface area contributed by atoms with Crippen molar-refractivity contribution >= 4 is 18.4 Å². The molecular formula is C18H21ClN2O8. The second kappa shape index (κ2) is 9.59. The molecule has 11 heteroatoms. The summed E-state index contributed by atoms with van der Waals surface area (Å²) in [5, 5.41) is 19.2. The standard InChI is InChI=1S/C10H11NO5.C8H9NO3.ClH/c1-15-10(14)7-8(12)5-2-3-16-4-6(5)11-9(7)13;10-7-3-8(11)9-6-4-12-2-1-5(6)7;/h2-4H2,1H3,(H2,11,12,13);3H,1-2,4H2,(H2,9,10,11);1H. The molecule has 2 aromatic heterocycles. The van der Waals surface area contributed by atoms with Crippen molar-refractivity contribution < 1.29 is 29.2 Å². The third-order valence-electron chi connectivity index (χ3n) is 4.47. The summed E-state index contributed by atoms with van der Waals surface area (Å²) >= 11 is 0. The summed E-state index contributed by atoms with van der Waals surface area (Å²) in [6.45, 7) is 1.68. The summed E-state index contributed by atoms with van der Waals surface area (Å²) in [5.74, 6) is -1.06. The average Bonchev–Trinajstić information content (AvgIpc) is 2.68. The number of fused-ring (bicyclic) bond motifs is 2. The van der Waals surface area contributed by atoms with Gasteiger partial charge in [0.1, 0.15) is 11.5 Å². The van der Waals surface area contributed by atoms with E-state index in [0.29, 0.717) is 49.6 Å². The summed E-state index contributed by atoms with van der Waals surface area (Å²) in [6, 6.07) is 1.20. The van der Waals surface area contributed by atoms with Crippen LogP contribution in [0.25, 0.3) is 0 Å². The predicted molar refractivity (Wildman–Crippen MR) is 103 cm³/mol. The smallest absolute Gasteiger partial charge is 0.347 e. The average molecular weight is 429 g/mol. The van der Waals surface area contributed by atoms with E-state index in [-0.39, 0.29) is 41.6 Å². The van der Waals surface area contributed by atoms with Crippen LogP contribution >= 0.6 is 12.4 Å². The third-order valence-corrected chi connectivity index (χ3v) is 4.47. The monoisotopic (exact) mass is 428 g/mol. The van der Waals surface area contributed by atoms with Gasteiger partial charge in [0.2, 0.25) is 0 Å². The van der Waals surface area contributed by atoms with E-state index in [4.69, 9.17) is 9.47 Å². The maximum absolute atomic E-state index is 11.5. The number of esters is 1. The Morgan fingerprint density at radius 2 is 1.62 bits per heavy atom. The number of hydrogen-bond acceptors (Lipinski definition) is 8. The fourth-order valence-electron chi connectivity index (χ4n) is 3.09. The minimum Gasteiger partial charge on any atom is -0.507 e. The minimum atomic E-state index is -0.840. The number of carbonyl (C=O) groups is 1. The molecule has 158 valence electrons. The maximum Gasteiger partial charge on any atom is 0.347 e. The van der Waals surface area contributed by atoms with E-state index in [1.54, 1.807) is 0 Å². The van der Waals surface area contributed by atoms with Crippen molar-refractivity contribution in [2.45, 2.75) is 26.1 Å². The summed E-state index contributed by atoms with van der Waals surface area (Å²) in [6.07, 6.45) is 1.12. The molecule has 29 heavy (non-hydrogen) atoms. The van der Waals surface area contributed by atoms with Crippen LogP contribution in [0.15, 0.2) is 15.7 Å². The molecule has 2 aliphatic rings. The number of nitrogens with one attached hydrogen (secondary N) is 2. The van der Waals surface area contributed by atoms with Gasteiger partial charge in [-0.1, -0.05) is 0 Å².